The number of halogens is 1. The summed E-state index contributed by atoms with van der Waals surface area (Å²) >= 11 is 7.38. The lowest BCUT2D eigenvalue weighted by Gasteiger charge is -1.98. The third-order valence-corrected chi connectivity index (χ3v) is 2.94. The van der Waals surface area contributed by atoms with Gasteiger partial charge in [0, 0.05) is 12.3 Å². The summed E-state index contributed by atoms with van der Waals surface area (Å²) in [5, 5.41) is 4.49. The Hall–Kier alpha value is -0.220. The van der Waals surface area contributed by atoms with Gasteiger partial charge in [-0.05, 0) is 11.7 Å². The van der Waals surface area contributed by atoms with Crippen LogP contribution >= 0.6 is 23.4 Å². The van der Waals surface area contributed by atoms with Gasteiger partial charge in [-0.2, -0.15) is 16.7 Å². The number of thioether (sulfide) groups is 1. The molecule has 14 heavy (non-hydrogen) atoms. The van der Waals surface area contributed by atoms with E-state index in [1.807, 2.05) is 11.8 Å². The molecule has 0 radical (unpaired) electrons. The van der Waals surface area contributed by atoms with Crippen LogP contribution < -0.4 is 0 Å². The average molecular weight is 235 g/mol. The molecule has 0 saturated carbocycles. The van der Waals surface area contributed by atoms with E-state index in [2.05, 4.69) is 24.0 Å². The lowest BCUT2D eigenvalue weighted by molar-refractivity contribution is 0.373. The first kappa shape index (κ1) is 11.9. The summed E-state index contributed by atoms with van der Waals surface area (Å²) in [6.07, 6.45) is 1.67. The second-order valence-electron chi connectivity index (χ2n) is 3.26. The predicted octanol–water partition coefficient (Wildman–Crippen LogP) is 2.88. The predicted molar refractivity (Wildman–Crippen MR) is 59.8 cm³/mol. The van der Waals surface area contributed by atoms with Crippen LogP contribution in [0.1, 0.15) is 32.0 Å². The zero-order valence-corrected chi connectivity index (χ0v) is 10.1. The summed E-state index contributed by atoms with van der Waals surface area (Å²) in [5.74, 6) is 2.94. The average Bonchev–Trinajstić information content (AvgIpc) is 2.59. The molecule has 1 aromatic heterocycles. The SMILES string of the molecule is CC(C)SCc1noc(CCCCl)n1. The molecule has 1 heterocycles. The third-order valence-electron chi connectivity index (χ3n) is 1.58. The summed E-state index contributed by atoms with van der Waals surface area (Å²) in [6, 6.07) is 0. The molecular weight excluding hydrogens is 220 g/mol. The second-order valence-corrected chi connectivity index (χ2v) is 5.20. The topological polar surface area (TPSA) is 38.9 Å². The highest BCUT2D eigenvalue weighted by Crippen LogP contribution is 2.15. The maximum absolute atomic E-state index is 5.57. The molecule has 0 fully saturated rings. The molecule has 0 bridgehead atoms. The standard InChI is InChI=1S/C9H15ClN2OS/c1-7(2)14-6-8-11-9(13-12-8)4-3-5-10/h7H,3-6H2,1-2H3. The molecule has 0 amide bonds. The van der Waals surface area contributed by atoms with Crippen LogP contribution in [0.15, 0.2) is 4.52 Å². The molecule has 0 spiro atoms. The number of aryl methyl sites for hydroxylation is 1. The second kappa shape index (κ2) is 6.30. The molecule has 1 rings (SSSR count). The highest BCUT2D eigenvalue weighted by Gasteiger charge is 2.06. The first-order valence-electron chi connectivity index (χ1n) is 4.71. The highest BCUT2D eigenvalue weighted by atomic mass is 35.5. The summed E-state index contributed by atoms with van der Waals surface area (Å²) in [4.78, 5) is 4.26. The van der Waals surface area contributed by atoms with Crippen molar-refractivity contribution in [2.45, 2.75) is 37.7 Å². The maximum Gasteiger partial charge on any atom is 0.226 e. The number of alkyl halides is 1. The van der Waals surface area contributed by atoms with Crippen molar-refractivity contribution in [3.05, 3.63) is 11.7 Å². The van der Waals surface area contributed by atoms with Crippen molar-refractivity contribution in [2.75, 3.05) is 5.88 Å². The molecule has 0 unspecified atom stereocenters. The fourth-order valence-electron chi connectivity index (χ4n) is 0.910. The molecule has 0 N–H and O–H groups in total. The van der Waals surface area contributed by atoms with E-state index in [1.165, 1.54) is 0 Å². The summed E-state index contributed by atoms with van der Waals surface area (Å²) < 4.78 is 5.07. The van der Waals surface area contributed by atoms with Crippen molar-refractivity contribution in [3.8, 4) is 0 Å². The smallest absolute Gasteiger partial charge is 0.226 e. The van der Waals surface area contributed by atoms with Crippen LogP contribution in [0.2, 0.25) is 0 Å². The van der Waals surface area contributed by atoms with Gasteiger partial charge in [0.25, 0.3) is 0 Å². The third kappa shape index (κ3) is 4.33. The van der Waals surface area contributed by atoms with Gasteiger partial charge in [-0.15, -0.1) is 11.6 Å². The summed E-state index contributed by atoms with van der Waals surface area (Å²) in [6.45, 7) is 4.30. The van der Waals surface area contributed by atoms with Crippen LogP contribution in [-0.2, 0) is 12.2 Å². The molecular formula is C9H15ClN2OS. The van der Waals surface area contributed by atoms with Crippen LogP contribution in [0.25, 0.3) is 0 Å². The van der Waals surface area contributed by atoms with Crippen molar-refractivity contribution in [2.24, 2.45) is 0 Å². The van der Waals surface area contributed by atoms with Gasteiger partial charge in [-0.1, -0.05) is 19.0 Å². The van der Waals surface area contributed by atoms with Crippen LogP contribution in [-0.4, -0.2) is 21.3 Å². The molecule has 0 aliphatic heterocycles. The normalized spacial score (nSPS) is 11.1. The highest BCUT2D eigenvalue weighted by molar-refractivity contribution is 7.99. The maximum atomic E-state index is 5.57. The number of hydrogen-bond donors (Lipinski definition) is 0. The van der Waals surface area contributed by atoms with Crippen LogP contribution in [0, 0.1) is 0 Å². The zero-order chi connectivity index (χ0) is 10.4. The van der Waals surface area contributed by atoms with E-state index >= 15 is 0 Å². The van der Waals surface area contributed by atoms with E-state index in [9.17, 15) is 0 Å². The van der Waals surface area contributed by atoms with Crippen LogP contribution in [0.3, 0.4) is 0 Å². The van der Waals surface area contributed by atoms with Crippen LogP contribution in [0.4, 0.5) is 0 Å². The van der Waals surface area contributed by atoms with Gasteiger partial charge in [-0.25, -0.2) is 0 Å². The first-order valence-corrected chi connectivity index (χ1v) is 6.29. The minimum Gasteiger partial charge on any atom is -0.339 e. The Morgan fingerprint density at radius 1 is 1.50 bits per heavy atom. The lowest BCUT2D eigenvalue weighted by Crippen LogP contribution is -1.91. The van der Waals surface area contributed by atoms with Gasteiger partial charge in [-0.3, -0.25) is 0 Å². The lowest BCUT2D eigenvalue weighted by atomic mass is 10.3. The van der Waals surface area contributed by atoms with Gasteiger partial charge >= 0.3 is 0 Å². The first-order chi connectivity index (χ1) is 6.72. The van der Waals surface area contributed by atoms with Crippen molar-refractivity contribution >= 4 is 23.4 Å². The van der Waals surface area contributed by atoms with Crippen molar-refractivity contribution < 1.29 is 4.52 Å². The Kier molecular flexibility index (Phi) is 5.33. The van der Waals surface area contributed by atoms with Crippen LogP contribution in [0.5, 0.6) is 0 Å². The van der Waals surface area contributed by atoms with Gasteiger partial charge in [0.1, 0.15) is 0 Å². The molecule has 1 aromatic rings. The molecule has 0 aromatic carbocycles. The molecule has 80 valence electrons. The Morgan fingerprint density at radius 3 is 2.93 bits per heavy atom. The summed E-state index contributed by atoms with van der Waals surface area (Å²) in [7, 11) is 0. The van der Waals surface area contributed by atoms with E-state index in [4.69, 9.17) is 16.1 Å². The van der Waals surface area contributed by atoms with Gasteiger partial charge < -0.3 is 4.52 Å². The molecule has 0 aliphatic rings. The van der Waals surface area contributed by atoms with Gasteiger partial charge in [0.15, 0.2) is 5.82 Å². The van der Waals surface area contributed by atoms with Crippen molar-refractivity contribution in [1.82, 2.24) is 10.1 Å². The van der Waals surface area contributed by atoms with E-state index in [0.717, 1.165) is 24.4 Å². The number of hydrogen-bond acceptors (Lipinski definition) is 4. The zero-order valence-electron chi connectivity index (χ0n) is 8.49. The molecule has 0 saturated heterocycles. The molecule has 0 atom stereocenters. The van der Waals surface area contributed by atoms with Crippen molar-refractivity contribution in [1.29, 1.82) is 0 Å². The Morgan fingerprint density at radius 2 is 2.29 bits per heavy atom. The fraction of sp³-hybridized carbons (Fsp3) is 0.778. The largest absolute Gasteiger partial charge is 0.339 e. The quantitative estimate of drug-likeness (QED) is 0.710. The Labute approximate surface area is 93.6 Å². The number of aromatic nitrogens is 2. The monoisotopic (exact) mass is 234 g/mol. The van der Waals surface area contributed by atoms with Gasteiger partial charge in [0.2, 0.25) is 5.89 Å². The van der Waals surface area contributed by atoms with E-state index < -0.39 is 0 Å². The van der Waals surface area contributed by atoms with Gasteiger partial charge in [0.05, 0.1) is 5.75 Å². The van der Waals surface area contributed by atoms with E-state index in [0.29, 0.717) is 17.0 Å². The molecule has 5 heteroatoms. The van der Waals surface area contributed by atoms with Crippen molar-refractivity contribution in [3.63, 3.8) is 0 Å². The molecule has 3 nitrogen and oxygen atoms in total. The minimum absolute atomic E-state index is 0.597. The van der Waals surface area contributed by atoms with E-state index in [-0.39, 0.29) is 0 Å². The van der Waals surface area contributed by atoms with E-state index in [1.54, 1.807) is 0 Å². The number of rotatable bonds is 6. The summed E-state index contributed by atoms with van der Waals surface area (Å²) in [5.41, 5.74) is 0. The number of nitrogens with zero attached hydrogens (tertiary/aromatic N) is 2. The Balaban J connectivity index is 2.35. The minimum atomic E-state index is 0.597. The molecule has 0 aliphatic carbocycles. The fourth-order valence-corrected chi connectivity index (χ4v) is 1.64. The Bertz CT molecular complexity index is 265.